The molecule has 0 spiro atoms. The molecule has 1 heterocycles. The summed E-state index contributed by atoms with van der Waals surface area (Å²) in [5, 5.41) is 0. The van der Waals surface area contributed by atoms with Crippen LogP contribution in [0.5, 0.6) is 0 Å². The summed E-state index contributed by atoms with van der Waals surface area (Å²) in [6, 6.07) is 4.75. The van der Waals surface area contributed by atoms with Crippen molar-refractivity contribution in [3.63, 3.8) is 0 Å². The van der Waals surface area contributed by atoms with Gasteiger partial charge in [-0.05, 0) is 49.4 Å². The number of fused-ring (bicyclic) bond motifs is 1. The molecule has 0 radical (unpaired) electrons. The highest BCUT2D eigenvalue weighted by Gasteiger charge is 2.35. The summed E-state index contributed by atoms with van der Waals surface area (Å²) >= 11 is 0. The fourth-order valence-corrected chi connectivity index (χ4v) is 3.60. The van der Waals surface area contributed by atoms with Crippen molar-refractivity contribution in [1.29, 1.82) is 0 Å². The molecule has 0 aromatic heterocycles. The van der Waals surface area contributed by atoms with Gasteiger partial charge in [-0.1, -0.05) is 18.9 Å². The van der Waals surface area contributed by atoms with Crippen LogP contribution in [0.25, 0.3) is 0 Å². The normalized spacial score (nSPS) is 25.6. The van der Waals surface area contributed by atoms with E-state index >= 15 is 0 Å². The maximum Gasteiger partial charge on any atom is 0.230 e. The predicted octanol–water partition coefficient (Wildman–Crippen LogP) is 2.48. The average Bonchev–Trinajstić information content (AvgIpc) is 2.89. The molecule has 20 heavy (non-hydrogen) atoms. The summed E-state index contributed by atoms with van der Waals surface area (Å²) in [6.07, 6.45) is 5.04. The van der Waals surface area contributed by atoms with E-state index in [0.29, 0.717) is 13.1 Å². The number of halogens is 1. The Morgan fingerprint density at radius 3 is 2.95 bits per heavy atom. The molecule has 1 aliphatic carbocycles. The SMILES string of the molecule is NCC1CCCCC1C(=O)N1CCc2ccc(F)cc21. The molecule has 3 rings (SSSR count). The summed E-state index contributed by atoms with van der Waals surface area (Å²) in [5.41, 5.74) is 7.65. The topological polar surface area (TPSA) is 46.3 Å². The number of anilines is 1. The van der Waals surface area contributed by atoms with Gasteiger partial charge in [0, 0.05) is 18.2 Å². The van der Waals surface area contributed by atoms with Gasteiger partial charge in [-0.2, -0.15) is 0 Å². The van der Waals surface area contributed by atoms with Gasteiger partial charge < -0.3 is 10.6 Å². The minimum Gasteiger partial charge on any atom is -0.330 e. The summed E-state index contributed by atoms with van der Waals surface area (Å²) in [4.78, 5) is 14.6. The Morgan fingerprint density at radius 2 is 2.15 bits per heavy atom. The Labute approximate surface area is 118 Å². The molecule has 0 saturated heterocycles. The zero-order valence-corrected chi connectivity index (χ0v) is 11.6. The van der Waals surface area contributed by atoms with E-state index in [1.54, 1.807) is 11.0 Å². The van der Waals surface area contributed by atoms with Crippen molar-refractivity contribution in [2.45, 2.75) is 32.1 Å². The van der Waals surface area contributed by atoms with E-state index in [4.69, 9.17) is 5.73 Å². The molecule has 2 unspecified atom stereocenters. The summed E-state index contributed by atoms with van der Waals surface area (Å²) in [7, 11) is 0. The Balaban J connectivity index is 1.84. The third kappa shape index (κ3) is 2.33. The van der Waals surface area contributed by atoms with Crippen LogP contribution in [0.1, 0.15) is 31.2 Å². The van der Waals surface area contributed by atoms with Gasteiger partial charge in [-0.3, -0.25) is 4.79 Å². The highest BCUT2D eigenvalue weighted by molar-refractivity contribution is 5.97. The Kier molecular flexibility index (Phi) is 3.74. The zero-order valence-electron chi connectivity index (χ0n) is 11.6. The van der Waals surface area contributed by atoms with Gasteiger partial charge in [-0.15, -0.1) is 0 Å². The number of hydrogen-bond acceptors (Lipinski definition) is 2. The first kappa shape index (κ1) is 13.6. The van der Waals surface area contributed by atoms with E-state index in [2.05, 4.69) is 0 Å². The lowest BCUT2D eigenvalue weighted by Crippen LogP contribution is -2.41. The fourth-order valence-electron chi connectivity index (χ4n) is 3.60. The van der Waals surface area contributed by atoms with E-state index < -0.39 is 0 Å². The van der Waals surface area contributed by atoms with Gasteiger partial charge in [0.2, 0.25) is 5.91 Å². The van der Waals surface area contributed by atoms with Gasteiger partial charge in [0.05, 0.1) is 0 Å². The standard InChI is InChI=1S/C16H21FN2O/c17-13-6-5-11-7-8-19(15(11)9-13)16(20)14-4-2-1-3-12(14)10-18/h5-6,9,12,14H,1-4,7-8,10,18H2. The molecule has 108 valence electrons. The van der Waals surface area contributed by atoms with Crippen LogP contribution in [0, 0.1) is 17.7 Å². The number of carbonyl (C=O) groups excluding carboxylic acids is 1. The van der Waals surface area contributed by atoms with Crippen molar-refractivity contribution in [2.75, 3.05) is 18.0 Å². The first-order valence-corrected chi connectivity index (χ1v) is 7.50. The van der Waals surface area contributed by atoms with Crippen LogP contribution in [0.2, 0.25) is 0 Å². The zero-order chi connectivity index (χ0) is 14.1. The van der Waals surface area contributed by atoms with Gasteiger partial charge in [-0.25, -0.2) is 4.39 Å². The Bertz CT molecular complexity index is 517. The van der Waals surface area contributed by atoms with Crippen molar-refractivity contribution in [1.82, 2.24) is 0 Å². The molecule has 1 aromatic carbocycles. The highest BCUT2D eigenvalue weighted by atomic mass is 19.1. The smallest absolute Gasteiger partial charge is 0.230 e. The monoisotopic (exact) mass is 276 g/mol. The van der Waals surface area contributed by atoms with Crippen LogP contribution in [-0.2, 0) is 11.2 Å². The quantitative estimate of drug-likeness (QED) is 0.902. The molecular formula is C16H21FN2O. The van der Waals surface area contributed by atoms with Gasteiger partial charge in [0.15, 0.2) is 0 Å². The van der Waals surface area contributed by atoms with E-state index in [1.807, 2.05) is 0 Å². The molecule has 0 bridgehead atoms. The summed E-state index contributed by atoms with van der Waals surface area (Å²) < 4.78 is 13.4. The molecule has 2 N–H and O–H groups in total. The Morgan fingerprint density at radius 1 is 1.35 bits per heavy atom. The fraction of sp³-hybridized carbons (Fsp3) is 0.562. The second kappa shape index (κ2) is 5.52. The number of benzene rings is 1. The van der Waals surface area contributed by atoms with Gasteiger partial charge in [0.1, 0.15) is 5.82 Å². The van der Waals surface area contributed by atoms with Gasteiger partial charge in [0.25, 0.3) is 0 Å². The lowest BCUT2D eigenvalue weighted by atomic mass is 9.78. The molecule has 2 aliphatic rings. The number of nitrogens with two attached hydrogens (primary N) is 1. The lowest BCUT2D eigenvalue weighted by molar-refractivity contribution is -0.124. The van der Waals surface area contributed by atoms with Crippen molar-refractivity contribution >= 4 is 11.6 Å². The average molecular weight is 276 g/mol. The van der Waals surface area contributed by atoms with Crippen molar-refractivity contribution < 1.29 is 9.18 Å². The third-order valence-electron chi connectivity index (χ3n) is 4.74. The molecule has 2 atom stereocenters. The maximum atomic E-state index is 13.4. The van der Waals surface area contributed by atoms with Crippen LogP contribution in [-0.4, -0.2) is 19.0 Å². The summed E-state index contributed by atoms with van der Waals surface area (Å²) in [5.74, 6) is 0.170. The second-order valence-electron chi connectivity index (χ2n) is 5.90. The molecule has 1 fully saturated rings. The van der Waals surface area contributed by atoms with Crippen molar-refractivity contribution in [3.8, 4) is 0 Å². The minimum atomic E-state index is -0.275. The van der Waals surface area contributed by atoms with E-state index in [1.165, 1.54) is 12.1 Å². The first-order chi connectivity index (χ1) is 9.70. The number of hydrogen-bond donors (Lipinski definition) is 1. The highest BCUT2D eigenvalue weighted by Crippen LogP contribution is 2.35. The maximum absolute atomic E-state index is 13.4. The first-order valence-electron chi connectivity index (χ1n) is 7.50. The predicted molar refractivity (Wildman–Crippen MR) is 77.0 cm³/mol. The van der Waals surface area contributed by atoms with E-state index in [9.17, 15) is 9.18 Å². The second-order valence-corrected chi connectivity index (χ2v) is 5.90. The van der Waals surface area contributed by atoms with Gasteiger partial charge >= 0.3 is 0 Å². The van der Waals surface area contributed by atoms with Crippen LogP contribution in [0.15, 0.2) is 18.2 Å². The number of rotatable bonds is 2. The van der Waals surface area contributed by atoms with E-state index in [0.717, 1.165) is 43.4 Å². The largest absolute Gasteiger partial charge is 0.330 e. The van der Waals surface area contributed by atoms with Crippen molar-refractivity contribution in [2.24, 2.45) is 17.6 Å². The molecule has 1 aliphatic heterocycles. The molecule has 4 heteroatoms. The number of carbonyl (C=O) groups is 1. The van der Waals surface area contributed by atoms with Crippen LogP contribution in [0.4, 0.5) is 10.1 Å². The van der Waals surface area contributed by atoms with E-state index in [-0.39, 0.29) is 23.6 Å². The molecular weight excluding hydrogens is 255 g/mol. The molecule has 1 saturated carbocycles. The lowest BCUT2D eigenvalue weighted by Gasteiger charge is -2.32. The number of nitrogens with zero attached hydrogens (tertiary/aromatic N) is 1. The molecule has 1 amide bonds. The Hall–Kier alpha value is -1.42. The molecule has 3 nitrogen and oxygen atoms in total. The number of amides is 1. The molecule has 1 aromatic rings. The summed E-state index contributed by atoms with van der Waals surface area (Å²) in [6.45, 7) is 1.24. The van der Waals surface area contributed by atoms with Crippen LogP contribution in [0.3, 0.4) is 0 Å². The van der Waals surface area contributed by atoms with Crippen molar-refractivity contribution in [3.05, 3.63) is 29.6 Å². The minimum absolute atomic E-state index is 0.0166. The third-order valence-corrected chi connectivity index (χ3v) is 4.74. The van der Waals surface area contributed by atoms with Crippen LogP contribution >= 0.6 is 0 Å². The van der Waals surface area contributed by atoms with Crippen LogP contribution < -0.4 is 10.6 Å².